The van der Waals surface area contributed by atoms with Gasteiger partial charge in [-0.05, 0) is 49.3 Å². The Kier molecular flexibility index (Phi) is 6.50. The minimum absolute atomic E-state index is 0.183. The second-order valence-electron chi connectivity index (χ2n) is 6.28. The quantitative estimate of drug-likeness (QED) is 0.706. The molecule has 118 valence electrons. The van der Waals surface area contributed by atoms with Gasteiger partial charge in [-0.15, -0.1) is 0 Å². The van der Waals surface area contributed by atoms with Gasteiger partial charge in [0.1, 0.15) is 5.82 Å². The summed E-state index contributed by atoms with van der Waals surface area (Å²) in [4.78, 5) is 0. The predicted molar refractivity (Wildman–Crippen MR) is 88.2 cm³/mol. The summed E-state index contributed by atoms with van der Waals surface area (Å²) in [5.74, 6) is 1.07. The van der Waals surface area contributed by atoms with E-state index in [0.29, 0.717) is 10.9 Å². The lowest BCUT2D eigenvalue weighted by Crippen LogP contribution is -2.32. The highest BCUT2D eigenvalue weighted by Crippen LogP contribution is 2.40. The zero-order chi connectivity index (χ0) is 15.2. The maximum Gasteiger partial charge on any atom is 0.142 e. The van der Waals surface area contributed by atoms with E-state index in [-0.39, 0.29) is 11.9 Å². The normalized spacial score (nSPS) is 24.0. The number of nitrogens with one attached hydrogen (secondary N) is 1. The van der Waals surface area contributed by atoms with Crippen molar-refractivity contribution in [1.29, 1.82) is 0 Å². The smallest absolute Gasteiger partial charge is 0.142 e. The van der Waals surface area contributed by atoms with Gasteiger partial charge in [-0.1, -0.05) is 56.8 Å². The molecule has 0 aromatic heterocycles. The van der Waals surface area contributed by atoms with Gasteiger partial charge in [0.15, 0.2) is 0 Å². The van der Waals surface area contributed by atoms with Crippen molar-refractivity contribution >= 4 is 11.6 Å². The van der Waals surface area contributed by atoms with E-state index in [0.717, 1.165) is 24.4 Å². The van der Waals surface area contributed by atoms with Gasteiger partial charge in [-0.25, -0.2) is 4.39 Å². The molecule has 3 unspecified atom stereocenters. The summed E-state index contributed by atoms with van der Waals surface area (Å²) in [6, 6.07) is 5.38. The zero-order valence-corrected chi connectivity index (χ0v) is 13.9. The molecule has 0 saturated heterocycles. The number of hydrogen-bond donors (Lipinski definition) is 1. The minimum atomic E-state index is -0.305. The first-order valence-corrected chi connectivity index (χ1v) is 8.72. The van der Waals surface area contributed by atoms with Crippen LogP contribution >= 0.6 is 11.6 Å². The molecule has 1 aliphatic carbocycles. The predicted octanol–water partition coefficient (Wildman–Crippen LogP) is 5.74. The van der Waals surface area contributed by atoms with E-state index >= 15 is 0 Å². The molecule has 0 aliphatic heterocycles. The van der Waals surface area contributed by atoms with Crippen LogP contribution in [0, 0.1) is 17.7 Å². The van der Waals surface area contributed by atoms with Crippen molar-refractivity contribution in [3.63, 3.8) is 0 Å². The Morgan fingerprint density at radius 3 is 2.86 bits per heavy atom. The monoisotopic (exact) mass is 311 g/mol. The van der Waals surface area contributed by atoms with Crippen LogP contribution in [0.25, 0.3) is 0 Å². The summed E-state index contributed by atoms with van der Waals surface area (Å²) in [7, 11) is 0. The van der Waals surface area contributed by atoms with Crippen molar-refractivity contribution < 1.29 is 4.39 Å². The molecule has 1 aliphatic rings. The lowest BCUT2D eigenvalue weighted by Gasteiger charge is -2.35. The second kappa shape index (κ2) is 8.14. The molecular weight excluding hydrogens is 285 g/mol. The van der Waals surface area contributed by atoms with Gasteiger partial charge in [0.05, 0.1) is 5.02 Å². The highest BCUT2D eigenvalue weighted by molar-refractivity contribution is 6.31. The Bertz CT molecular complexity index is 449. The van der Waals surface area contributed by atoms with E-state index in [1.54, 1.807) is 6.07 Å². The van der Waals surface area contributed by atoms with Gasteiger partial charge in [-0.3, -0.25) is 0 Å². The molecule has 1 fully saturated rings. The van der Waals surface area contributed by atoms with Crippen molar-refractivity contribution in [2.24, 2.45) is 11.8 Å². The van der Waals surface area contributed by atoms with E-state index in [4.69, 9.17) is 11.6 Å². The molecule has 0 radical (unpaired) electrons. The number of rotatable bonds is 6. The molecule has 0 amide bonds. The zero-order valence-electron chi connectivity index (χ0n) is 13.2. The first-order valence-electron chi connectivity index (χ1n) is 8.34. The molecule has 21 heavy (non-hydrogen) atoms. The van der Waals surface area contributed by atoms with E-state index < -0.39 is 0 Å². The van der Waals surface area contributed by atoms with Crippen molar-refractivity contribution in [1.82, 2.24) is 5.32 Å². The van der Waals surface area contributed by atoms with Crippen LogP contribution in [-0.2, 0) is 0 Å². The number of halogens is 2. The standard InChI is InChI=1S/C18H27ClFN/c1-3-11-21-18(14-8-5-7-13(4-2)12-14)15-9-6-10-16(20)17(15)19/h6,9-10,13-14,18,21H,3-5,7-8,11-12H2,1-2H3. The minimum Gasteiger partial charge on any atom is -0.310 e. The third-order valence-corrected chi connectivity index (χ3v) is 5.20. The number of hydrogen-bond acceptors (Lipinski definition) is 1. The first kappa shape index (κ1) is 16.8. The fraction of sp³-hybridized carbons (Fsp3) is 0.667. The molecule has 1 nitrogen and oxygen atoms in total. The molecule has 0 spiro atoms. The first-order chi connectivity index (χ1) is 10.2. The number of benzene rings is 1. The summed E-state index contributed by atoms with van der Waals surface area (Å²) in [6.07, 6.45) is 7.38. The molecule has 2 rings (SSSR count). The molecule has 3 heteroatoms. The topological polar surface area (TPSA) is 12.0 Å². The molecule has 1 saturated carbocycles. The average Bonchev–Trinajstić information content (AvgIpc) is 2.52. The molecule has 0 bridgehead atoms. The van der Waals surface area contributed by atoms with Crippen LogP contribution in [0.1, 0.15) is 64.0 Å². The third kappa shape index (κ3) is 4.20. The summed E-state index contributed by atoms with van der Waals surface area (Å²) < 4.78 is 13.8. The van der Waals surface area contributed by atoms with Crippen LogP contribution < -0.4 is 5.32 Å². The maximum absolute atomic E-state index is 13.8. The summed E-state index contributed by atoms with van der Waals surface area (Å²) >= 11 is 6.24. The highest BCUT2D eigenvalue weighted by atomic mass is 35.5. The van der Waals surface area contributed by atoms with E-state index in [9.17, 15) is 4.39 Å². The Labute approximate surface area is 133 Å². The Hall–Kier alpha value is -0.600. The summed E-state index contributed by atoms with van der Waals surface area (Å²) in [5, 5.41) is 3.91. The van der Waals surface area contributed by atoms with Gasteiger partial charge >= 0.3 is 0 Å². The third-order valence-electron chi connectivity index (χ3n) is 4.80. The highest BCUT2D eigenvalue weighted by Gasteiger charge is 2.30. The van der Waals surface area contributed by atoms with Crippen LogP contribution in [0.3, 0.4) is 0 Å². The Balaban J connectivity index is 2.23. The van der Waals surface area contributed by atoms with Gasteiger partial charge in [0, 0.05) is 6.04 Å². The van der Waals surface area contributed by atoms with E-state index in [2.05, 4.69) is 19.2 Å². The van der Waals surface area contributed by atoms with E-state index in [1.165, 1.54) is 38.2 Å². The molecular formula is C18H27ClFN. The van der Waals surface area contributed by atoms with Gasteiger partial charge in [0.25, 0.3) is 0 Å². The second-order valence-corrected chi connectivity index (χ2v) is 6.65. The maximum atomic E-state index is 13.8. The molecule has 1 aromatic rings. The van der Waals surface area contributed by atoms with Crippen molar-refractivity contribution in [3.8, 4) is 0 Å². The van der Waals surface area contributed by atoms with Crippen LogP contribution in [-0.4, -0.2) is 6.54 Å². The Morgan fingerprint density at radius 1 is 1.33 bits per heavy atom. The lowest BCUT2D eigenvalue weighted by molar-refractivity contribution is 0.209. The van der Waals surface area contributed by atoms with Crippen LogP contribution in [0.2, 0.25) is 5.02 Å². The lowest BCUT2D eigenvalue weighted by atomic mass is 9.75. The van der Waals surface area contributed by atoms with E-state index in [1.807, 2.05) is 6.07 Å². The Morgan fingerprint density at radius 2 is 2.14 bits per heavy atom. The summed E-state index contributed by atoms with van der Waals surface area (Å²) in [5.41, 5.74) is 0.937. The molecule has 0 heterocycles. The molecule has 1 aromatic carbocycles. The van der Waals surface area contributed by atoms with Crippen molar-refractivity contribution in [2.45, 2.75) is 58.4 Å². The SMILES string of the molecule is CCCNC(c1cccc(F)c1Cl)C1CCCC(CC)C1. The van der Waals surface area contributed by atoms with Crippen LogP contribution in [0.15, 0.2) is 18.2 Å². The van der Waals surface area contributed by atoms with Crippen molar-refractivity contribution in [2.75, 3.05) is 6.54 Å². The van der Waals surface area contributed by atoms with Gasteiger partial charge < -0.3 is 5.32 Å². The molecule has 1 N–H and O–H groups in total. The molecule has 3 atom stereocenters. The average molecular weight is 312 g/mol. The fourth-order valence-corrected chi connectivity index (χ4v) is 3.84. The van der Waals surface area contributed by atoms with Crippen LogP contribution in [0.4, 0.5) is 4.39 Å². The summed E-state index contributed by atoms with van der Waals surface area (Å²) in [6.45, 7) is 5.38. The van der Waals surface area contributed by atoms with Crippen LogP contribution in [0.5, 0.6) is 0 Å². The van der Waals surface area contributed by atoms with Gasteiger partial charge in [-0.2, -0.15) is 0 Å². The fourth-order valence-electron chi connectivity index (χ4n) is 3.60. The van der Waals surface area contributed by atoms with Gasteiger partial charge in [0.2, 0.25) is 0 Å². The largest absolute Gasteiger partial charge is 0.310 e. The van der Waals surface area contributed by atoms with Crippen molar-refractivity contribution in [3.05, 3.63) is 34.6 Å².